The first-order valence-electron chi connectivity index (χ1n) is 23.8. The number of rotatable bonds is 44. The van der Waals surface area contributed by atoms with Crippen molar-refractivity contribution in [1.82, 2.24) is 5.32 Å². The van der Waals surface area contributed by atoms with Gasteiger partial charge in [0.1, 0.15) is 12.6 Å². The van der Waals surface area contributed by atoms with E-state index >= 15 is 0 Å². The van der Waals surface area contributed by atoms with Gasteiger partial charge >= 0.3 is 11.9 Å². The van der Waals surface area contributed by atoms with Crippen LogP contribution in [0, 0.1) is 0 Å². The summed E-state index contributed by atoms with van der Waals surface area (Å²) in [6.45, 7) is 4.24. The minimum atomic E-state index is -1.02. The molecule has 0 aliphatic heterocycles. The number of aliphatic carboxylic acids is 1. The zero-order valence-electron chi connectivity index (χ0n) is 36.1. The highest BCUT2D eigenvalue weighted by Gasteiger charge is 2.14. The molecule has 6 nitrogen and oxygen atoms in total. The number of unbranched alkanes of at least 4 members (excludes halogenated alkanes) is 31. The van der Waals surface area contributed by atoms with Gasteiger partial charge in [-0.2, -0.15) is 0 Å². The fourth-order valence-electron chi connectivity index (χ4n) is 7.40. The molecule has 0 fully saturated rings. The minimum Gasteiger partial charge on any atom is -0.480 e. The number of hydrogen-bond acceptors (Lipinski definition) is 4. The number of carbonyl (C=O) groups excluding carboxylic acids is 2. The topological polar surface area (TPSA) is 92.7 Å². The smallest absolute Gasteiger partial charge is 0.322 e. The van der Waals surface area contributed by atoms with E-state index in [0.717, 1.165) is 70.6 Å². The molecule has 1 atom stereocenters. The number of carbonyl (C=O) groups is 3. The number of hydrogen-bond donors (Lipinski definition) is 2. The Kier molecular flexibility index (Phi) is 42.4. The van der Waals surface area contributed by atoms with E-state index in [1.807, 2.05) is 0 Å². The highest BCUT2D eigenvalue weighted by atomic mass is 16.5. The predicted octanol–water partition coefficient (Wildman–Crippen LogP) is 14.9. The summed E-state index contributed by atoms with van der Waals surface area (Å²) in [7, 11) is 0. The Morgan fingerprint density at radius 1 is 0.463 bits per heavy atom. The number of amides is 1. The van der Waals surface area contributed by atoms with Gasteiger partial charge in [0, 0.05) is 12.8 Å². The van der Waals surface area contributed by atoms with E-state index < -0.39 is 5.97 Å². The first-order chi connectivity index (χ1) is 26.5. The van der Waals surface area contributed by atoms with Gasteiger partial charge in [0.15, 0.2) is 0 Å². The number of esters is 1. The van der Waals surface area contributed by atoms with Crippen LogP contribution in [0.25, 0.3) is 0 Å². The normalized spacial score (nSPS) is 12.0. The maximum absolute atomic E-state index is 12.8. The quantitative estimate of drug-likeness (QED) is 0.0366. The van der Waals surface area contributed by atoms with Gasteiger partial charge in [-0.15, -0.1) is 0 Å². The van der Waals surface area contributed by atoms with Crippen molar-refractivity contribution in [2.45, 2.75) is 270 Å². The van der Waals surface area contributed by atoms with Crippen molar-refractivity contribution in [3.8, 4) is 0 Å². The molecule has 0 spiro atoms. The summed E-state index contributed by atoms with van der Waals surface area (Å²) in [5.41, 5.74) is 0. The third-order valence-corrected chi connectivity index (χ3v) is 10.9. The van der Waals surface area contributed by atoms with Gasteiger partial charge in [-0.05, 0) is 57.8 Å². The second-order valence-electron chi connectivity index (χ2n) is 16.4. The van der Waals surface area contributed by atoms with Crippen molar-refractivity contribution in [3.63, 3.8) is 0 Å². The standard InChI is InChI=1S/C48H91NO5/c1-3-5-7-9-11-13-15-16-17-18-19-20-21-22-23-24-26-28-30-35-39-43-48(53)54-45(40-36-32-29-27-25-14-12-10-8-6-4-2)41-37-33-31-34-38-42-46(50)49-44-47(51)52/h27,29,45H,3-26,28,30-44H2,1-2H3,(H,49,50)(H,51,52)/b29-27-. The zero-order valence-corrected chi connectivity index (χ0v) is 36.1. The fourth-order valence-corrected chi connectivity index (χ4v) is 7.40. The Morgan fingerprint density at radius 2 is 0.815 bits per heavy atom. The largest absolute Gasteiger partial charge is 0.480 e. The van der Waals surface area contributed by atoms with Gasteiger partial charge in [0.05, 0.1) is 0 Å². The highest BCUT2D eigenvalue weighted by molar-refractivity contribution is 5.80. The van der Waals surface area contributed by atoms with Gasteiger partial charge in [-0.25, -0.2) is 0 Å². The molecule has 0 saturated carbocycles. The number of ether oxygens (including phenoxy) is 1. The van der Waals surface area contributed by atoms with E-state index in [0.29, 0.717) is 12.8 Å². The van der Waals surface area contributed by atoms with Crippen LogP contribution in [0.5, 0.6) is 0 Å². The lowest BCUT2D eigenvalue weighted by molar-refractivity contribution is -0.150. The highest BCUT2D eigenvalue weighted by Crippen LogP contribution is 2.19. The summed E-state index contributed by atoms with van der Waals surface area (Å²) in [5.74, 6) is -1.23. The summed E-state index contributed by atoms with van der Waals surface area (Å²) < 4.78 is 6.03. The lowest BCUT2D eigenvalue weighted by Crippen LogP contribution is -2.28. The first kappa shape index (κ1) is 52.2. The molecule has 0 heterocycles. The predicted molar refractivity (Wildman–Crippen MR) is 231 cm³/mol. The number of carboxylic acids is 1. The van der Waals surface area contributed by atoms with Crippen LogP contribution in [-0.4, -0.2) is 35.6 Å². The van der Waals surface area contributed by atoms with Crippen LogP contribution >= 0.6 is 0 Å². The van der Waals surface area contributed by atoms with Crippen LogP contribution < -0.4 is 5.32 Å². The van der Waals surface area contributed by atoms with E-state index in [1.165, 1.54) is 167 Å². The molecular weight excluding hydrogens is 671 g/mol. The summed E-state index contributed by atoms with van der Waals surface area (Å²) in [6.07, 6.45) is 52.1. The van der Waals surface area contributed by atoms with Crippen molar-refractivity contribution in [2.75, 3.05) is 6.54 Å². The average Bonchev–Trinajstić information content (AvgIpc) is 3.16. The average molecular weight is 762 g/mol. The van der Waals surface area contributed by atoms with E-state index in [1.54, 1.807) is 0 Å². The molecule has 0 aliphatic carbocycles. The molecule has 0 rings (SSSR count). The van der Waals surface area contributed by atoms with Crippen molar-refractivity contribution in [2.24, 2.45) is 0 Å². The Bertz CT molecular complexity index is 843. The summed E-state index contributed by atoms with van der Waals surface area (Å²) in [5, 5.41) is 11.1. The summed E-state index contributed by atoms with van der Waals surface area (Å²) >= 11 is 0. The number of carboxylic acid groups (broad SMARTS) is 1. The van der Waals surface area contributed by atoms with E-state index in [-0.39, 0.29) is 24.5 Å². The third-order valence-electron chi connectivity index (χ3n) is 10.9. The molecule has 0 aromatic carbocycles. The number of nitrogens with one attached hydrogen (secondary N) is 1. The molecule has 0 bridgehead atoms. The van der Waals surface area contributed by atoms with Gasteiger partial charge in [0.25, 0.3) is 0 Å². The molecule has 0 aromatic heterocycles. The summed E-state index contributed by atoms with van der Waals surface area (Å²) in [6, 6.07) is 0. The Hall–Kier alpha value is -1.85. The van der Waals surface area contributed by atoms with Crippen LogP contribution in [0.15, 0.2) is 12.2 Å². The molecule has 1 amide bonds. The van der Waals surface area contributed by atoms with Crippen LogP contribution in [0.3, 0.4) is 0 Å². The Balaban J connectivity index is 4.01. The Morgan fingerprint density at radius 3 is 1.26 bits per heavy atom. The molecule has 1 unspecified atom stereocenters. The Labute approximate surface area is 335 Å². The number of allylic oxidation sites excluding steroid dienone is 2. The van der Waals surface area contributed by atoms with Crippen LogP contribution in [0.4, 0.5) is 0 Å². The fraction of sp³-hybridized carbons (Fsp3) is 0.896. The van der Waals surface area contributed by atoms with E-state index in [2.05, 4.69) is 31.3 Å². The lowest BCUT2D eigenvalue weighted by Gasteiger charge is -2.18. The minimum absolute atomic E-state index is 0.00108. The molecule has 2 N–H and O–H groups in total. The van der Waals surface area contributed by atoms with Gasteiger partial charge in [-0.3, -0.25) is 14.4 Å². The molecule has 6 heteroatoms. The molecule has 0 saturated heterocycles. The maximum atomic E-state index is 12.8. The van der Waals surface area contributed by atoms with Crippen molar-refractivity contribution in [1.29, 1.82) is 0 Å². The summed E-state index contributed by atoms with van der Waals surface area (Å²) in [4.78, 5) is 35.1. The van der Waals surface area contributed by atoms with E-state index in [9.17, 15) is 14.4 Å². The monoisotopic (exact) mass is 762 g/mol. The maximum Gasteiger partial charge on any atom is 0.322 e. The molecular formula is C48H91NO5. The van der Waals surface area contributed by atoms with Crippen molar-refractivity contribution < 1.29 is 24.2 Å². The molecule has 318 valence electrons. The van der Waals surface area contributed by atoms with Gasteiger partial charge in [-0.1, -0.05) is 206 Å². The first-order valence-corrected chi connectivity index (χ1v) is 23.8. The van der Waals surface area contributed by atoms with Gasteiger partial charge in [0.2, 0.25) is 5.91 Å². The zero-order chi connectivity index (χ0) is 39.4. The molecule has 0 radical (unpaired) electrons. The molecule has 54 heavy (non-hydrogen) atoms. The van der Waals surface area contributed by atoms with Gasteiger partial charge < -0.3 is 15.2 Å². The second kappa shape index (κ2) is 43.9. The van der Waals surface area contributed by atoms with Crippen molar-refractivity contribution >= 4 is 17.8 Å². The van der Waals surface area contributed by atoms with Crippen LogP contribution in [-0.2, 0) is 19.1 Å². The van der Waals surface area contributed by atoms with E-state index in [4.69, 9.17) is 9.84 Å². The van der Waals surface area contributed by atoms with Crippen molar-refractivity contribution in [3.05, 3.63) is 12.2 Å². The molecule has 0 aromatic rings. The third kappa shape index (κ3) is 42.9. The SMILES string of the molecule is CCCCCCCC/C=C\CCCC(CCCCCCCC(=O)NCC(=O)O)OC(=O)CCCCCCCCCCCCCCCCCCCCCCC. The van der Waals surface area contributed by atoms with Crippen LogP contribution in [0.1, 0.15) is 264 Å². The second-order valence-corrected chi connectivity index (χ2v) is 16.4. The lowest BCUT2D eigenvalue weighted by atomic mass is 10.0. The van der Waals surface area contributed by atoms with Crippen LogP contribution in [0.2, 0.25) is 0 Å². The molecule has 0 aliphatic rings.